The highest BCUT2D eigenvalue weighted by atomic mass is 16.3. The molecule has 0 aliphatic heterocycles. The van der Waals surface area contributed by atoms with E-state index >= 15 is 0 Å². The van der Waals surface area contributed by atoms with Crippen LogP contribution in [-0.4, -0.2) is 21.3 Å². The average Bonchev–Trinajstić information content (AvgIpc) is 2.61. The van der Waals surface area contributed by atoms with Crippen molar-refractivity contribution in [2.75, 3.05) is 6.61 Å². The summed E-state index contributed by atoms with van der Waals surface area (Å²) in [6, 6.07) is 7.39. The van der Waals surface area contributed by atoms with Crippen LogP contribution in [-0.2, 0) is 6.54 Å². The van der Waals surface area contributed by atoms with Crippen LogP contribution in [0, 0.1) is 11.3 Å². The van der Waals surface area contributed by atoms with Crippen LogP contribution in [0.4, 0.5) is 0 Å². The normalized spacial score (nSPS) is 10.3. The van der Waals surface area contributed by atoms with E-state index in [1.165, 1.54) is 0 Å². The number of rotatable bonds is 2. The van der Waals surface area contributed by atoms with Crippen molar-refractivity contribution in [1.82, 2.24) is 9.55 Å². The summed E-state index contributed by atoms with van der Waals surface area (Å²) < 4.78 is 1.86. The van der Waals surface area contributed by atoms with Gasteiger partial charge in [0, 0.05) is 6.54 Å². The fourth-order valence-corrected chi connectivity index (χ4v) is 1.42. The second kappa shape index (κ2) is 3.48. The van der Waals surface area contributed by atoms with Crippen molar-refractivity contribution in [1.29, 1.82) is 5.26 Å². The van der Waals surface area contributed by atoms with E-state index in [-0.39, 0.29) is 6.61 Å². The van der Waals surface area contributed by atoms with Gasteiger partial charge in [-0.25, -0.2) is 4.98 Å². The van der Waals surface area contributed by atoms with Crippen molar-refractivity contribution in [3.05, 3.63) is 30.1 Å². The molecule has 4 heteroatoms. The number of fused-ring (bicyclic) bond motifs is 1. The van der Waals surface area contributed by atoms with E-state index in [2.05, 4.69) is 11.1 Å². The molecule has 14 heavy (non-hydrogen) atoms. The maximum Gasteiger partial charge on any atom is 0.0992 e. The first-order chi connectivity index (χ1) is 6.85. The molecule has 0 aliphatic rings. The molecule has 2 rings (SSSR count). The quantitative estimate of drug-likeness (QED) is 0.759. The molecule has 0 saturated carbocycles. The van der Waals surface area contributed by atoms with Crippen molar-refractivity contribution in [2.45, 2.75) is 6.54 Å². The zero-order valence-corrected chi connectivity index (χ0v) is 7.51. The van der Waals surface area contributed by atoms with Crippen molar-refractivity contribution in [3.63, 3.8) is 0 Å². The van der Waals surface area contributed by atoms with Gasteiger partial charge in [0.05, 0.1) is 35.6 Å². The standard InChI is InChI=1S/C10H9N3O/c11-6-8-1-2-10-9(5-8)12-7-13(10)3-4-14/h1-2,5,7,14H,3-4H2. The Labute approximate surface area is 81.0 Å². The lowest BCUT2D eigenvalue weighted by Crippen LogP contribution is -1.99. The predicted molar refractivity (Wildman–Crippen MR) is 51.5 cm³/mol. The Kier molecular flexibility index (Phi) is 2.17. The molecule has 0 fully saturated rings. The monoisotopic (exact) mass is 187 g/mol. The number of aliphatic hydroxyl groups is 1. The minimum atomic E-state index is 0.0888. The first kappa shape index (κ1) is 8.73. The first-order valence-corrected chi connectivity index (χ1v) is 4.31. The number of hydrogen-bond acceptors (Lipinski definition) is 3. The Hall–Kier alpha value is -1.86. The van der Waals surface area contributed by atoms with Gasteiger partial charge >= 0.3 is 0 Å². The molecule has 1 aromatic heterocycles. The molecular weight excluding hydrogens is 178 g/mol. The number of aliphatic hydroxyl groups excluding tert-OH is 1. The van der Waals surface area contributed by atoms with Gasteiger partial charge in [-0.15, -0.1) is 0 Å². The molecule has 0 unspecified atom stereocenters. The minimum absolute atomic E-state index is 0.0888. The summed E-state index contributed by atoms with van der Waals surface area (Å²) in [4.78, 5) is 4.15. The van der Waals surface area contributed by atoms with Gasteiger partial charge in [0.2, 0.25) is 0 Å². The zero-order valence-electron chi connectivity index (χ0n) is 7.51. The zero-order chi connectivity index (χ0) is 9.97. The molecule has 0 radical (unpaired) electrons. The lowest BCUT2D eigenvalue weighted by atomic mass is 10.2. The van der Waals surface area contributed by atoms with Gasteiger partial charge in [0.15, 0.2) is 0 Å². The molecule has 4 nitrogen and oxygen atoms in total. The van der Waals surface area contributed by atoms with Crippen LogP contribution in [0.15, 0.2) is 24.5 Å². The van der Waals surface area contributed by atoms with Gasteiger partial charge in [-0.2, -0.15) is 5.26 Å². The van der Waals surface area contributed by atoms with Gasteiger partial charge in [-0.3, -0.25) is 0 Å². The van der Waals surface area contributed by atoms with E-state index in [0.717, 1.165) is 11.0 Å². The van der Waals surface area contributed by atoms with Crippen LogP contribution in [0.3, 0.4) is 0 Å². The first-order valence-electron chi connectivity index (χ1n) is 4.31. The molecule has 0 amide bonds. The van der Waals surface area contributed by atoms with E-state index in [9.17, 15) is 0 Å². The summed E-state index contributed by atoms with van der Waals surface area (Å²) >= 11 is 0. The third kappa shape index (κ3) is 1.34. The molecule has 0 atom stereocenters. The van der Waals surface area contributed by atoms with E-state index < -0.39 is 0 Å². The predicted octanol–water partition coefficient (Wildman–Crippen LogP) is 0.900. The SMILES string of the molecule is N#Cc1ccc2c(c1)ncn2CCO. The Bertz CT molecular complexity index is 496. The van der Waals surface area contributed by atoms with E-state index in [1.807, 2.05) is 10.6 Å². The summed E-state index contributed by atoms with van der Waals surface area (Å²) in [5.74, 6) is 0. The number of aromatic nitrogens is 2. The summed E-state index contributed by atoms with van der Waals surface area (Å²) in [6.45, 7) is 0.619. The van der Waals surface area contributed by atoms with Crippen LogP contribution in [0.5, 0.6) is 0 Å². The second-order valence-corrected chi connectivity index (χ2v) is 2.98. The molecule has 0 aliphatic carbocycles. The number of nitriles is 1. The van der Waals surface area contributed by atoms with Crippen LogP contribution >= 0.6 is 0 Å². The minimum Gasteiger partial charge on any atom is -0.395 e. The van der Waals surface area contributed by atoms with Crippen LogP contribution in [0.25, 0.3) is 11.0 Å². The van der Waals surface area contributed by atoms with Crippen LogP contribution < -0.4 is 0 Å². The molecule has 0 bridgehead atoms. The van der Waals surface area contributed by atoms with Gasteiger partial charge in [-0.1, -0.05) is 0 Å². The van der Waals surface area contributed by atoms with E-state index in [0.29, 0.717) is 12.1 Å². The molecule has 1 N–H and O–H groups in total. The van der Waals surface area contributed by atoms with E-state index in [1.54, 1.807) is 18.5 Å². The van der Waals surface area contributed by atoms with E-state index in [4.69, 9.17) is 10.4 Å². The summed E-state index contributed by atoms with van der Waals surface area (Å²) in [6.07, 6.45) is 1.67. The third-order valence-electron chi connectivity index (χ3n) is 2.09. The van der Waals surface area contributed by atoms with Gasteiger partial charge in [0.1, 0.15) is 0 Å². The maximum atomic E-state index is 8.80. The fraction of sp³-hybridized carbons (Fsp3) is 0.200. The molecular formula is C10H9N3O. The largest absolute Gasteiger partial charge is 0.395 e. The smallest absolute Gasteiger partial charge is 0.0992 e. The highest BCUT2D eigenvalue weighted by molar-refractivity contribution is 5.76. The second-order valence-electron chi connectivity index (χ2n) is 2.98. The summed E-state index contributed by atoms with van der Waals surface area (Å²) in [7, 11) is 0. The Morgan fingerprint density at radius 2 is 2.36 bits per heavy atom. The van der Waals surface area contributed by atoms with Crippen molar-refractivity contribution >= 4 is 11.0 Å². The third-order valence-corrected chi connectivity index (χ3v) is 2.09. The molecule has 0 spiro atoms. The summed E-state index contributed by atoms with van der Waals surface area (Å²) in [5, 5.41) is 17.5. The van der Waals surface area contributed by atoms with Crippen molar-refractivity contribution < 1.29 is 5.11 Å². The molecule has 2 aromatic rings. The lowest BCUT2D eigenvalue weighted by molar-refractivity contribution is 0.278. The Balaban J connectivity index is 2.55. The fourth-order valence-electron chi connectivity index (χ4n) is 1.42. The summed E-state index contributed by atoms with van der Waals surface area (Å²) in [5.41, 5.74) is 2.34. The highest BCUT2D eigenvalue weighted by Crippen LogP contribution is 2.14. The molecule has 1 heterocycles. The van der Waals surface area contributed by atoms with Gasteiger partial charge in [0.25, 0.3) is 0 Å². The van der Waals surface area contributed by atoms with Crippen molar-refractivity contribution in [3.8, 4) is 6.07 Å². The van der Waals surface area contributed by atoms with Crippen LogP contribution in [0.1, 0.15) is 5.56 Å². The average molecular weight is 187 g/mol. The van der Waals surface area contributed by atoms with Crippen LogP contribution in [0.2, 0.25) is 0 Å². The van der Waals surface area contributed by atoms with Crippen molar-refractivity contribution in [2.24, 2.45) is 0 Å². The Morgan fingerprint density at radius 1 is 1.50 bits per heavy atom. The Morgan fingerprint density at radius 3 is 3.07 bits per heavy atom. The number of imidazole rings is 1. The molecule has 70 valence electrons. The lowest BCUT2D eigenvalue weighted by Gasteiger charge is -1.99. The maximum absolute atomic E-state index is 8.80. The highest BCUT2D eigenvalue weighted by Gasteiger charge is 2.02. The molecule has 0 saturated heterocycles. The number of nitrogens with zero attached hydrogens (tertiary/aromatic N) is 3. The van der Waals surface area contributed by atoms with Gasteiger partial charge in [-0.05, 0) is 18.2 Å². The van der Waals surface area contributed by atoms with Gasteiger partial charge < -0.3 is 9.67 Å². The molecule has 1 aromatic carbocycles. The number of hydrogen-bond donors (Lipinski definition) is 1. The number of benzene rings is 1. The topological polar surface area (TPSA) is 61.8 Å².